The highest BCUT2D eigenvalue weighted by Gasteiger charge is 2.16. The largest absolute Gasteiger partial charge is 0.352 e. The van der Waals surface area contributed by atoms with Crippen LogP contribution in [0.2, 0.25) is 0 Å². The number of nitrogens with one attached hydrogen (secondary N) is 1. The number of anilines is 1. The van der Waals surface area contributed by atoms with E-state index in [4.69, 9.17) is 0 Å². The maximum absolute atomic E-state index is 11.2. The zero-order valence-electron chi connectivity index (χ0n) is 9.94. The fourth-order valence-electron chi connectivity index (χ4n) is 2.13. The zero-order valence-corrected chi connectivity index (χ0v) is 10.9. The normalized spacial score (nSPS) is 14.9. The molecular formula is C13H17N3OS. The molecule has 0 saturated carbocycles. The second-order valence-corrected chi connectivity index (χ2v) is 4.37. The molecule has 5 heteroatoms. The molecule has 1 N–H and O–H groups in total. The summed E-state index contributed by atoms with van der Waals surface area (Å²) >= 11 is 0. The van der Waals surface area contributed by atoms with Gasteiger partial charge in [-0.15, -0.1) is 0 Å². The third kappa shape index (κ3) is 2.26. The molecule has 1 fully saturated rings. The van der Waals surface area contributed by atoms with Crippen LogP contribution in [0.5, 0.6) is 0 Å². The minimum atomic E-state index is -0.0957. The number of aromatic amines is 1. The molecule has 2 aromatic rings. The smallest absolute Gasteiger partial charge is 0.248 e. The first kappa shape index (κ1) is 12.7. The number of rotatable bonds is 1. The summed E-state index contributed by atoms with van der Waals surface area (Å²) in [6, 6.07) is 5.36. The van der Waals surface area contributed by atoms with Crippen LogP contribution in [0.25, 0.3) is 10.9 Å². The van der Waals surface area contributed by atoms with Gasteiger partial charge in [0, 0.05) is 26.0 Å². The quantitative estimate of drug-likeness (QED) is 0.801. The van der Waals surface area contributed by atoms with Gasteiger partial charge in [-0.1, -0.05) is 12.2 Å². The van der Waals surface area contributed by atoms with E-state index < -0.39 is 0 Å². The SMILES string of the molecule is C=C1CCN(c2cc3ccc(=O)[nH]c3cn2)C1.S.[HH]. The van der Waals surface area contributed by atoms with Gasteiger partial charge in [-0.25, -0.2) is 4.98 Å². The first-order valence-corrected chi connectivity index (χ1v) is 5.63. The van der Waals surface area contributed by atoms with Crippen LogP contribution in [0.4, 0.5) is 5.82 Å². The van der Waals surface area contributed by atoms with Crippen LogP contribution in [0.1, 0.15) is 7.85 Å². The zero-order chi connectivity index (χ0) is 11.8. The van der Waals surface area contributed by atoms with E-state index in [1.54, 1.807) is 6.20 Å². The van der Waals surface area contributed by atoms with Crippen molar-refractivity contribution in [3.05, 3.63) is 46.9 Å². The molecule has 2 aromatic heterocycles. The molecule has 0 radical (unpaired) electrons. The average Bonchev–Trinajstić information content (AvgIpc) is 2.75. The van der Waals surface area contributed by atoms with Crippen molar-refractivity contribution in [3.63, 3.8) is 0 Å². The van der Waals surface area contributed by atoms with E-state index in [0.717, 1.165) is 36.2 Å². The van der Waals surface area contributed by atoms with E-state index in [1.165, 1.54) is 11.6 Å². The second-order valence-electron chi connectivity index (χ2n) is 4.37. The minimum Gasteiger partial charge on any atom is -0.352 e. The molecule has 0 bridgehead atoms. The van der Waals surface area contributed by atoms with Gasteiger partial charge in [0.2, 0.25) is 5.56 Å². The third-order valence-corrected chi connectivity index (χ3v) is 3.07. The number of hydrogen-bond acceptors (Lipinski definition) is 3. The molecule has 1 aliphatic heterocycles. The molecule has 18 heavy (non-hydrogen) atoms. The Morgan fingerprint density at radius 2 is 2.28 bits per heavy atom. The highest BCUT2D eigenvalue weighted by atomic mass is 32.1. The van der Waals surface area contributed by atoms with Crippen LogP contribution < -0.4 is 10.5 Å². The predicted octanol–water partition coefficient (Wildman–Crippen LogP) is 2.05. The van der Waals surface area contributed by atoms with E-state index in [-0.39, 0.29) is 20.5 Å². The molecular weight excluding hydrogens is 246 g/mol. The number of fused-ring (bicyclic) bond motifs is 1. The van der Waals surface area contributed by atoms with Crippen LogP contribution in [-0.2, 0) is 0 Å². The van der Waals surface area contributed by atoms with Gasteiger partial charge in [-0.05, 0) is 18.6 Å². The van der Waals surface area contributed by atoms with Crippen molar-refractivity contribution in [1.82, 2.24) is 9.97 Å². The highest BCUT2D eigenvalue weighted by molar-refractivity contribution is 7.59. The lowest BCUT2D eigenvalue weighted by molar-refractivity contribution is 0.940. The summed E-state index contributed by atoms with van der Waals surface area (Å²) in [6.07, 6.45) is 2.75. The van der Waals surface area contributed by atoms with Crippen LogP contribution in [0.15, 0.2) is 41.3 Å². The van der Waals surface area contributed by atoms with Gasteiger partial charge in [0.05, 0.1) is 11.7 Å². The Hall–Kier alpha value is -1.75. The van der Waals surface area contributed by atoms with Crippen LogP contribution in [-0.4, -0.2) is 23.1 Å². The fraction of sp³-hybridized carbons (Fsp3) is 0.231. The predicted molar refractivity (Wildman–Crippen MR) is 80.8 cm³/mol. The first-order valence-electron chi connectivity index (χ1n) is 5.63. The number of aromatic nitrogens is 2. The molecule has 3 rings (SSSR count). The Bertz CT molecular complexity index is 656. The summed E-state index contributed by atoms with van der Waals surface area (Å²) < 4.78 is 0. The first-order chi connectivity index (χ1) is 8.22. The Balaban J connectivity index is 0.000000902. The van der Waals surface area contributed by atoms with Crippen LogP contribution in [0, 0.1) is 0 Å². The van der Waals surface area contributed by atoms with E-state index >= 15 is 0 Å². The van der Waals surface area contributed by atoms with Gasteiger partial charge >= 0.3 is 0 Å². The summed E-state index contributed by atoms with van der Waals surface area (Å²) in [4.78, 5) is 20.5. The van der Waals surface area contributed by atoms with Gasteiger partial charge in [-0.2, -0.15) is 13.5 Å². The van der Waals surface area contributed by atoms with Crippen molar-refractivity contribution < 1.29 is 1.43 Å². The van der Waals surface area contributed by atoms with Crippen molar-refractivity contribution >= 4 is 30.2 Å². The van der Waals surface area contributed by atoms with Gasteiger partial charge in [0.15, 0.2) is 0 Å². The minimum absolute atomic E-state index is 0. The molecule has 0 unspecified atom stereocenters. The summed E-state index contributed by atoms with van der Waals surface area (Å²) in [7, 11) is 0. The maximum Gasteiger partial charge on any atom is 0.248 e. The second kappa shape index (κ2) is 4.86. The lowest BCUT2D eigenvalue weighted by Crippen LogP contribution is -2.19. The lowest BCUT2D eigenvalue weighted by atomic mass is 10.2. The molecule has 96 valence electrons. The molecule has 0 atom stereocenters. The van der Waals surface area contributed by atoms with Gasteiger partial charge in [-0.3, -0.25) is 4.79 Å². The van der Waals surface area contributed by atoms with E-state index in [9.17, 15) is 4.79 Å². The highest BCUT2D eigenvalue weighted by Crippen LogP contribution is 2.22. The van der Waals surface area contributed by atoms with Crippen molar-refractivity contribution in [1.29, 1.82) is 0 Å². The third-order valence-electron chi connectivity index (χ3n) is 3.07. The summed E-state index contributed by atoms with van der Waals surface area (Å²) in [5.74, 6) is 0.947. The van der Waals surface area contributed by atoms with Crippen LogP contribution >= 0.6 is 13.5 Å². The Labute approximate surface area is 113 Å². The molecule has 1 aliphatic rings. The molecule has 4 nitrogen and oxygen atoms in total. The van der Waals surface area contributed by atoms with Crippen LogP contribution in [0.3, 0.4) is 0 Å². The monoisotopic (exact) mass is 263 g/mol. The van der Waals surface area contributed by atoms with Crippen molar-refractivity contribution in [2.75, 3.05) is 18.0 Å². The Morgan fingerprint density at radius 1 is 1.44 bits per heavy atom. The van der Waals surface area contributed by atoms with Crippen molar-refractivity contribution in [2.24, 2.45) is 0 Å². The summed E-state index contributed by atoms with van der Waals surface area (Å²) in [5, 5.41) is 1.01. The number of hydrogen-bond donors (Lipinski definition) is 1. The Morgan fingerprint density at radius 3 is 3.00 bits per heavy atom. The van der Waals surface area contributed by atoms with Gasteiger partial charge in [0.25, 0.3) is 0 Å². The molecule has 0 aliphatic carbocycles. The molecule has 0 amide bonds. The van der Waals surface area contributed by atoms with Crippen molar-refractivity contribution in [3.8, 4) is 0 Å². The van der Waals surface area contributed by atoms with Gasteiger partial charge < -0.3 is 9.88 Å². The van der Waals surface area contributed by atoms with E-state index in [1.807, 2.05) is 12.1 Å². The maximum atomic E-state index is 11.2. The fourth-order valence-corrected chi connectivity index (χ4v) is 2.13. The Kier molecular flexibility index (Phi) is 3.43. The molecule has 0 aromatic carbocycles. The molecule has 3 heterocycles. The number of nitrogens with zero attached hydrogens (tertiary/aromatic N) is 2. The number of H-pyrrole nitrogens is 1. The lowest BCUT2D eigenvalue weighted by Gasteiger charge is -2.16. The summed E-state index contributed by atoms with van der Waals surface area (Å²) in [5.41, 5.74) is 1.93. The topological polar surface area (TPSA) is 49.0 Å². The van der Waals surface area contributed by atoms with E-state index in [0.29, 0.717) is 0 Å². The molecule has 0 spiro atoms. The average molecular weight is 263 g/mol. The van der Waals surface area contributed by atoms with Crippen molar-refractivity contribution in [2.45, 2.75) is 6.42 Å². The van der Waals surface area contributed by atoms with Gasteiger partial charge in [0.1, 0.15) is 5.82 Å². The van der Waals surface area contributed by atoms with E-state index in [2.05, 4.69) is 21.4 Å². The summed E-state index contributed by atoms with van der Waals surface area (Å²) in [6.45, 7) is 5.84. The number of pyridine rings is 2. The standard InChI is InChI=1S/C13H13N3O.H2S.H2/c1-9-4-5-16(8-9)12-6-10-2-3-13(17)15-11(10)7-14-12;;/h2-3,6-7H,1,4-5,8H2,(H,15,17);1H2;1H. The molecule has 1 saturated heterocycles.